The van der Waals surface area contributed by atoms with Gasteiger partial charge in [0.2, 0.25) is 0 Å². The minimum absolute atomic E-state index is 0.941. The molecule has 0 aromatic rings. The highest BCUT2D eigenvalue weighted by Gasteiger charge is 3.24. The van der Waals surface area contributed by atoms with Crippen molar-refractivity contribution in [1.29, 1.82) is 0 Å². The summed E-state index contributed by atoms with van der Waals surface area (Å²) in [6.07, 6.45) is -33.3. The number of hydrogen-bond acceptors (Lipinski definition) is 6. The van der Waals surface area contributed by atoms with Crippen LogP contribution in [0.2, 0.25) is 0 Å². The summed E-state index contributed by atoms with van der Waals surface area (Å²) in [5.41, 5.74) is -37.2. The van der Waals surface area contributed by atoms with Gasteiger partial charge in [0.25, 0.3) is 11.2 Å². The van der Waals surface area contributed by atoms with E-state index in [1.54, 1.807) is 0 Å². The Morgan fingerprint density at radius 3 is 0.680 bits per heavy atom. The molecule has 296 valence electrons. The Hall–Kier alpha value is -2.20. The molecule has 0 aliphatic heterocycles. The van der Waals surface area contributed by atoms with E-state index < -0.39 is 94.2 Å². The molecule has 50 heavy (non-hydrogen) atoms. The molecule has 0 heterocycles. The Bertz CT molecular complexity index is 1250. The van der Waals surface area contributed by atoms with Crippen molar-refractivity contribution in [3.05, 3.63) is 0 Å². The zero-order chi connectivity index (χ0) is 40.2. The molecule has 0 aromatic heterocycles. The number of rotatable bonds is 12. The lowest BCUT2D eigenvalue weighted by Crippen LogP contribution is -3.11. The van der Waals surface area contributed by atoms with Crippen LogP contribution in [0.25, 0.3) is 0 Å². The van der Waals surface area contributed by atoms with Crippen molar-refractivity contribution in [2.24, 2.45) is 0 Å². The van der Waals surface area contributed by atoms with Gasteiger partial charge in [0.05, 0.1) is 0 Å². The highest BCUT2D eigenvalue weighted by molar-refractivity contribution is 5.55. The van der Waals surface area contributed by atoms with Gasteiger partial charge < -0.3 is 0 Å². The molecule has 0 N–H and O–H groups in total. The Morgan fingerprint density at radius 1 is 0.280 bits per heavy atom. The normalized spacial score (nSPS) is 37.7. The molecule has 0 radical (unpaired) electrons. The lowest BCUT2D eigenvalue weighted by atomic mass is 9.39. The maximum absolute atomic E-state index is 15.7. The van der Waals surface area contributed by atoms with Gasteiger partial charge in [-0.3, -0.25) is 9.47 Å². The second kappa shape index (κ2) is 9.86. The van der Waals surface area contributed by atoms with E-state index >= 15 is 52.7 Å². The monoisotopic (exact) mass is 820 g/mol. The number of ether oxygens (including phenoxy) is 2. The Kier molecular flexibility index (Phi) is 8.32. The topological polar surface area (TPSA) is 55.4 Å². The molecule has 2 atom stereocenters. The van der Waals surface area contributed by atoms with Gasteiger partial charge in [-0.05, 0) is 18.1 Å². The highest BCUT2D eigenvalue weighted by atomic mass is 19.4. The molecule has 34 heteroatoms. The molecule has 2 unspecified atom stereocenters. The molecule has 0 aromatic carbocycles. The summed E-state index contributed by atoms with van der Waals surface area (Å²) >= 11 is 0. The van der Waals surface area contributed by atoms with Crippen LogP contribution in [0.1, 0.15) is 0 Å². The quantitative estimate of drug-likeness (QED) is 0.186. The maximum Gasteiger partial charge on any atom is 0.456 e. The summed E-state index contributed by atoms with van der Waals surface area (Å²) < 4.78 is 404. The highest BCUT2D eigenvalue weighted by Crippen LogP contribution is 2.89. The zero-order valence-corrected chi connectivity index (χ0v) is 21.0. The SMILES string of the molecule is FOC(F)(F)C(F)(OF)C(F)(F)OC12C(F)(F)C3(F)C(F)(F)C(F)(C1(F)F)C(F)(F)C(OC(F)(F)C(F)(OF)C(F)(F)OF)(C3(F)F)C2(F)F. The predicted molar refractivity (Wildman–Crippen MR) is 81.2 cm³/mol. The smallest absolute Gasteiger partial charge is 0.289 e. The largest absolute Gasteiger partial charge is 0.456 e. The van der Waals surface area contributed by atoms with Gasteiger partial charge in [-0.1, -0.05) is 0 Å². The fourth-order valence-electron chi connectivity index (χ4n) is 5.34. The minimum atomic E-state index is -9.62. The van der Waals surface area contributed by atoms with Crippen LogP contribution >= 0.6 is 0 Å². The zero-order valence-electron chi connectivity index (χ0n) is 21.0. The van der Waals surface area contributed by atoms with E-state index in [9.17, 15) is 70.8 Å². The molecule has 4 saturated carbocycles. The van der Waals surface area contributed by atoms with Gasteiger partial charge in [-0.2, -0.15) is 96.6 Å². The summed E-state index contributed by atoms with van der Waals surface area (Å²) in [5, 5.41) is 0. The molecular weight excluding hydrogens is 820 g/mol. The van der Waals surface area contributed by atoms with Crippen molar-refractivity contribution in [1.82, 2.24) is 0 Å². The first kappa shape index (κ1) is 42.2. The average Bonchev–Trinajstić information content (AvgIpc) is 2.97. The predicted octanol–water partition coefficient (Wildman–Crippen LogP) is 8.07. The number of alkyl halides is 24. The molecule has 4 rings (SSSR count). The van der Waals surface area contributed by atoms with E-state index in [1.165, 1.54) is 9.47 Å². The van der Waals surface area contributed by atoms with Crippen molar-refractivity contribution < 1.29 is 153 Å². The van der Waals surface area contributed by atoms with E-state index in [-0.39, 0.29) is 0 Å². The van der Waals surface area contributed by atoms with Gasteiger partial charge in [-0.15, -0.1) is 19.8 Å². The molecule has 0 amide bonds. The standard InChI is InChI=1S/C16F28O6/c17-1-5(19,20)2(18)8(25,26)3(6(1,21)22,45-13(33,34)11(31,47-41)15(37,38)49-43)10(29,30)4(7(1,23)24,9(2,27)28)46-14(35,36)12(32,48-42)16(39,40)50-44. The van der Waals surface area contributed by atoms with Crippen molar-refractivity contribution in [3.63, 3.8) is 0 Å². The van der Waals surface area contributed by atoms with Crippen molar-refractivity contribution in [2.45, 2.75) is 94.2 Å². The van der Waals surface area contributed by atoms with Gasteiger partial charge in [-0.25, -0.2) is 8.78 Å². The van der Waals surface area contributed by atoms with Gasteiger partial charge in [0.15, 0.2) is 0 Å². The van der Waals surface area contributed by atoms with Crippen LogP contribution < -0.4 is 0 Å². The van der Waals surface area contributed by atoms with Crippen LogP contribution in [0.3, 0.4) is 0 Å². The first-order valence-corrected chi connectivity index (χ1v) is 10.8. The third-order valence-electron chi connectivity index (χ3n) is 7.72. The Morgan fingerprint density at radius 2 is 0.500 bits per heavy atom. The third kappa shape index (κ3) is 3.34. The Balaban J connectivity index is 2.74. The Labute approximate surface area is 248 Å². The van der Waals surface area contributed by atoms with E-state index in [0.717, 1.165) is 19.8 Å². The molecule has 4 aliphatic carbocycles. The van der Waals surface area contributed by atoms with E-state index in [4.69, 9.17) is 0 Å². The van der Waals surface area contributed by atoms with Crippen molar-refractivity contribution >= 4 is 0 Å². The molecule has 4 aliphatic rings. The first-order chi connectivity index (χ1) is 21.7. The second-order valence-corrected chi connectivity index (χ2v) is 9.90. The maximum atomic E-state index is 15.7. The minimum Gasteiger partial charge on any atom is -0.289 e. The molecule has 4 bridgehead atoms. The summed E-state index contributed by atoms with van der Waals surface area (Å²) in [4.78, 5) is 3.78. The number of halogens is 28. The summed E-state index contributed by atoms with van der Waals surface area (Å²) in [7, 11) is 0. The summed E-state index contributed by atoms with van der Waals surface area (Å²) in [5.74, 6) is -72.6. The third-order valence-corrected chi connectivity index (χ3v) is 7.72. The molecule has 4 fully saturated rings. The van der Waals surface area contributed by atoms with Crippen LogP contribution in [-0.4, -0.2) is 94.2 Å². The fourth-order valence-corrected chi connectivity index (χ4v) is 5.34. The lowest BCUT2D eigenvalue weighted by Gasteiger charge is -2.76. The van der Waals surface area contributed by atoms with E-state index in [0.29, 0.717) is 0 Å². The van der Waals surface area contributed by atoms with Crippen LogP contribution in [0.15, 0.2) is 0 Å². The fraction of sp³-hybridized carbons (Fsp3) is 1.00. The van der Waals surface area contributed by atoms with Crippen molar-refractivity contribution in [3.8, 4) is 0 Å². The molecule has 6 nitrogen and oxygen atoms in total. The van der Waals surface area contributed by atoms with Crippen LogP contribution in [0.5, 0.6) is 0 Å². The molecule has 0 saturated heterocycles. The van der Waals surface area contributed by atoms with E-state index in [1.807, 2.05) is 0 Å². The van der Waals surface area contributed by atoms with Gasteiger partial charge in [0.1, 0.15) is 0 Å². The molecular formula is C16F28O6. The lowest BCUT2D eigenvalue weighted by molar-refractivity contribution is -0.666. The second-order valence-electron chi connectivity index (χ2n) is 9.90. The van der Waals surface area contributed by atoms with Gasteiger partial charge >= 0.3 is 83.0 Å². The summed E-state index contributed by atoms with van der Waals surface area (Å²) in [6.45, 7) is 0. The van der Waals surface area contributed by atoms with Crippen LogP contribution in [0.4, 0.5) is 123 Å². The molecule has 0 spiro atoms. The van der Waals surface area contributed by atoms with Crippen molar-refractivity contribution in [2.75, 3.05) is 0 Å². The first-order valence-electron chi connectivity index (χ1n) is 10.8. The number of hydrogen-bond donors (Lipinski definition) is 0. The van der Waals surface area contributed by atoms with Crippen LogP contribution in [-0.2, 0) is 29.2 Å². The van der Waals surface area contributed by atoms with E-state index in [2.05, 4.69) is 0 Å². The summed E-state index contributed by atoms with van der Waals surface area (Å²) in [6, 6.07) is 0. The van der Waals surface area contributed by atoms with Gasteiger partial charge in [0, 0.05) is 0 Å². The van der Waals surface area contributed by atoms with Crippen LogP contribution in [0, 0.1) is 0 Å². The average molecular weight is 820 g/mol.